The van der Waals surface area contributed by atoms with E-state index in [-0.39, 0.29) is 24.7 Å². The normalized spacial score (nSPS) is 10.2. The van der Waals surface area contributed by atoms with Crippen LogP contribution in [0.1, 0.15) is 18.3 Å². The van der Waals surface area contributed by atoms with Gasteiger partial charge in [-0.25, -0.2) is 4.98 Å². The van der Waals surface area contributed by atoms with Gasteiger partial charge >= 0.3 is 5.97 Å². The van der Waals surface area contributed by atoms with Crippen molar-refractivity contribution in [3.63, 3.8) is 0 Å². The lowest BCUT2D eigenvalue weighted by Gasteiger charge is -2.00. The van der Waals surface area contributed by atoms with Crippen LogP contribution in [-0.4, -0.2) is 33.7 Å². The number of nitrogens with one attached hydrogen (secondary N) is 2. The smallest absolute Gasteiger partial charge is 0.311 e. The molecule has 0 atom stereocenters. The molecule has 0 unspecified atom stereocenters. The first kappa shape index (κ1) is 14.2. The summed E-state index contributed by atoms with van der Waals surface area (Å²) >= 11 is 1.27. The Kier molecular flexibility index (Phi) is 4.83. The molecule has 0 aromatic carbocycles. The van der Waals surface area contributed by atoms with Gasteiger partial charge in [0.2, 0.25) is 5.91 Å². The Morgan fingerprint density at radius 1 is 1.45 bits per heavy atom. The lowest BCUT2D eigenvalue weighted by Crippen LogP contribution is -2.14. The average molecular weight is 294 g/mol. The van der Waals surface area contributed by atoms with E-state index in [0.29, 0.717) is 17.4 Å². The van der Waals surface area contributed by atoms with Crippen molar-refractivity contribution < 1.29 is 14.3 Å². The van der Waals surface area contributed by atoms with E-state index < -0.39 is 0 Å². The number of esters is 1. The van der Waals surface area contributed by atoms with Crippen LogP contribution in [0.15, 0.2) is 17.6 Å². The largest absolute Gasteiger partial charge is 0.466 e. The zero-order valence-electron chi connectivity index (χ0n) is 10.9. The number of ether oxygens (including phenoxy) is 1. The molecule has 0 spiro atoms. The van der Waals surface area contributed by atoms with E-state index in [4.69, 9.17) is 4.74 Å². The van der Waals surface area contributed by atoms with Crippen molar-refractivity contribution in [2.45, 2.75) is 19.8 Å². The number of anilines is 1. The molecule has 2 aromatic rings. The van der Waals surface area contributed by atoms with Crippen molar-refractivity contribution in [3.8, 4) is 0 Å². The van der Waals surface area contributed by atoms with Crippen LogP contribution in [0.5, 0.6) is 0 Å². The maximum Gasteiger partial charge on any atom is 0.311 e. The maximum absolute atomic E-state index is 11.7. The number of hydrogen-bond acceptors (Lipinski definition) is 6. The molecule has 0 fully saturated rings. The highest BCUT2D eigenvalue weighted by Gasteiger charge is 2.11. The molecular formula is C12H14N4O3S. The van der Waals surface area contributed by atoms with Crippen molar-refractivity contribution in [2.24, 2.45) is 0 Å². The summed E-state index contributed by atoms with van der Waals surface area (Å²) in [6, 6.07) is 1.73. The summed E-state index contributed by atoms with van der Waals surface area (Å²) < 4.78 is 4.83. The van der Waals surface area contributed by atoms with Crippen LogP contribution in [0.4, 0.5) is 5.13 Å². The molecule has 0 saturated carbocycles. The number of hydrogen-bond donors (Lipinski definition) is 2. The highest BCUT2D eigenvalue weighted by atomic mass is 32.1. The van der Waals surface area contributed by atoms with Gasteiger partial charge in [0, 0.05) is 17.3 Å². The fraction of sp³-hybridized carbons (Fsp3) is 0.333. The Morgan fingerprint density at radius 3 is 3.00 bits per heavy atom. The van der Waals surface area contributed by atoms with Gasteiger partial charge in [-0.3, -0.25) is 14.7 Å². The quantitative estimate of drug-likeness (QED) is 0.779. The highest BCUT2D eigenvalue weighted by Crippen LogP contribution is 2.16. The molecule has 2 rings (SSSR count). The number of carbonyl (C=O) groups is 2. The second-order valence-corrected chi connectivity index (χ2v) is 4.79. The van der Waals surface area contributed by atoms with E-state index >= 15 is 0 Å². The van der Waals surface area contributed by atoms with Crippen LogP contribution in [-0.2, 0) is 27.2 Å². The second-order valence-electron chi connectivity index (χ2n) is 3.93. The summed E-state index contributed by atoms with van der Waals surface area (Å²) in [5.74, 6) is -0.514. The first-order valence-corrected chi connectivity index (χ1v) is 6.93. The molecule has 0 saturated heterocycles. The molecule has 0 bridgehead atoms. The minimum atomic E-state index is -0.326. The second kappa shape index (κ2) is 6.80. The zero-order valence-corrected chi connectivity index (χ0v) is 11.7. The molecule has 20 heavy (non-hydrogen) atoms. The van der Waals surface area contributed by atoms with Gasteiger partial charge < -0.3 is 10.1 Å². The minimum Gasteiger partial charge on any atom is -0.466 e. The number of thiazole rings is 1. The van der Waals surface area contributed by atoms with Gasteiger partial charge in [-0.05, 0) is 13.0 Å². The Hall–Kier alpha value is -2.22. The summed E-state index contributed by atoms with van der Waals surface area (Å²) in [6.07, 6.45) is 1.90. The van der Waals surface area contributed by atoms with Gasteiger partial charge in [0.25, 0.3) is 0 Å². The summed E-state index contributed by atoms with van der Waals surface area (Å²) in [5.41, 5.74) is 1.32. The number of H-pyrrole nitrogens is 1. The molecule has 2 heterocycles. The molecule has 7 nitrogen and oxygen atoms in total. The van der Waals surface area contributed by atoms with Gasteiger partial charge in [0.15, 0.2) is 5.13 Å². The van der Waals surface area contributed by atoms with Crippen LogP contribution in [0.25, 0.3) is 0 Å². The number of carbonyl (C=O) groups excluding carboxylic acids is 2. The fourth-order valence-corrected chi connectivity index (χ4v) is 2.25. The van der Waals surface area contributed by atoms with Crippen molar-refractivity contribution in [2.75, 3.05) is 11.9 Å². The Bertz CT molecular complexity index is 579. The molecule has 2 aromatic heterocycles. The van der Waals surface area contributed by atoms with E-state index in [1.54, 1.807) is 24.6 Å². The van der Waals surface area contributed by atoms with Gasteiger partial charge in [0.1, 0.15) is 0 Å². The first-order valence-electron chi connectivity index (χ1n) is 6.05. The molecule has 106 valence electrons. The molecule has 2 N–H and O–H groups in total. The molecule has 0 aliphatic heterocycles. The van der Waals surface area contributed by atoms with E-state index in [1.807, 2.05) is 0 Å². The Balaban J connectivity index is 1.86. The van der Waals surface area contributed by atoms with Crippen molar-refractivity contribution in [1.82, 2.24) is 15.2 Å². The minimum absolute atomic E-state index is 0.112. The molecule has 0 aliphatic carbocycles. The van der Waals surface area contributed by atoms with E-state index in [9.17, 15) is 9.59 Å². The first-order chi connectivity index (χ1) is 9.67. The van der Waals surface area contributed by atoms with E-state index in [2.05, 4.69) is 20.5 Å². The molecule has 0 radical (unpaired) electrons. The number of nitrogens with zero attached hydrogens (tertiary/aromatic N) is 2. The SMILES string of the molecule is CCOC(=O)Cc1csc(NC(=O)Cc2ccn[nH]2)n1. The summed E-state index contributed by atoms with van der Waals surface area (Å²) in [5, 5.41) is 11.3. The van der Waals surface area contributed by atoms with Crippen molar-refractivity contribution in [1.29, 1.82) is 0 Å². The average Bonchev–Trinajstić information content (AvgIpc) is 3.02. The molecular weight excluding hydrogens is 280 g/mol. The van der Waals surface area contributed by atoms with Crippen LogP contribution < -0.4 is 5.32 Å². The Morgan fingerprint density at radius 2 is 2.30 bits per heavy atom. The molecule has 1 amide bonds. The van der Waals surface area contributed by atoms with E-state index in [1.165, 1.54) is 11.3 Å². The van der Waals surface area contributed by atoms with Crippen LogP contribution in [0, 0.1) is 0 Å². The summed E-state index contributed by atoms with van der Waals surface area (Å²) in [4.78, 5) is 27.2. The molecule has 8 heteroatoms. The highest BCUT2D eigenvalue weighted by molar-refractivity contribution is 7.13. The topological polar surface area (TPSA) is 97.0 Å². The van der Waals surface area contributed by atoms with Crippen LogP contribution in [0.3, 0.4) is 0 Å². The predicted molar refractivity (Wildman–Crippen MR) is 73.4 cm³/mol. The number of rotatable bonds is 6. The van der Waals surface area contributed by atoms with E-state index in [0.717, 1.165) is 5.69 Å². The predicted octanol–water partition coefficient (Wildman–Crippen LogP) is 1.15. The summed E-state index contributed by atoms with van der Waals surface area (Å²) in [6.45, 7) is 2.09. The van der Waals surface area contributed by atoms with Gasteiger partial charge in [0.05, 0.1) is 25.1 Å². The monoisotopic (exact) mass is 294 g/mol. The van der Waals surface area contributed by atoms with Crippen LogP contribution in [0.2, 0.25) is 0 Å². The number of amides is 1. The van der Waals surface area contributed by atoms with Crippen LogP contribution >= 0.6 is 11.3 Å². The van der Waals surface area contributed by atoms with Gasteiger partial charge in [-0.1, -0.05) is 0 Å². The zero-order chi connectivity index (χ0) is 14.4. The standard InChI is InChI=1S/C12H14N4O3S/c1-2-19-11(18)6-9-7-20-12(14-9)15-10(17)5-8-3-4-13-16-8/h3-4,7H,2,5-6H2,1H3,(H,13,16)(H,14,15,17). The third-order valence-electron chi connectivity index (χ3n) is 2.34. The number of aromatic nitrogens is 3. The van der Waals surface area contributed by atoms with Gasteiger partial charge in [-0.2, -0.15) is 5.10 Å². The number of aromatic amines is 1. The summed E-state index contributed by atoms with van der Waals surface area (Å²) in [7, 11) is 0. The maximum atomic E-state index is 11.7. The lowest BCUT2D eigenvalue weighted by atomic mass is 10.3. The lowest BCUT2D eigenvalue weighted by molar-refractivity contribution is -0.142. The van der Waals surface area contributed by atoms with Crippen molar-refractivity contribution in [3.05, 3.63) is 29.0 Å². The third kappa shape index (κ3) is 4.16. The third-order valence-corrected chi connectivity index (χ3v) is 3.14. The Labute approximate surface area is 119 Å². The van der Waals surface area contributed by atoms with Crippen molar-refractivity contribution >= 4 is 28.3 Å². The molecule has 0 aliphatic rings. The fourth-order valence-electron chi connectivity index (χ4n) is 1.53. The van der Waals surface area contributed by atoms with Gasteiger partial charge in [-0.15, -0.1) is 11.3 Å².